The Labute approximate surface area is 104 Å². The molecule has 3 rings (SSSR count). The van der Waals surface area contributed by atoms with Gasteiger partial charge in [0.05, 0.1) is 12.2 Å². The lowest BCUT2D eigenvalue weighted by Crippen LogP contribution is -2.39. The minimum Gasteiger partial charge on any atom is -0.326 e. The maximum Gasteiger partial charge on any atom is 0.241 e. The van der Waals surface area contributed by atoms with Gasteiger partial charge in [0.1, 0.15) is 0 Å². The Balaban J connectivity index is 1.64. The largest absolute Gasteiger partial charge is 0.326 e. The minimum atomic E-state index is 0.0732. The van der Waals surface area contributed by atoms with Crippen molar-refractivity contribution in [2.24, 2.45) is 17.8 Å². The highest BCUT2D eigenvalue weighted by atomic mass is 16.2. The van der Waals surface area contributed by atoms with Gasteiger partial charge in [0, 0.05) is 6.54 Å². The lowest BCUT2D eigenvalue weighted by molar-refractivity contribution is -0.130. The van der Waals surface area contributed by atoms with Gasteiger partial charge in [-0.25, -0.2) is 0 Å². The minimum absolute atomic E-state index is 0.0732. The number of carbonyl (C=O) groups excluding carboxylic acids is 1. The van der Waals surface area contributed by atoms with Gasteiger partial charge in [-0.05, 0) is 56.8 Å². The number of amides is 1. The first-order valence-electron chi connectivity index (χ1n) is 7.27. The molecule has 3 fully saturated rings. The third-order valence-electron chi connectivity index (χ3n) is 4.76. The molecule has 2 aliphatic carbocycles. The van der Waals surface area contributed by atoms with E-state index >= 15 is 0 Å². The van der Waals surface area contributed by atoms with Crippen molar-refractivity contribution in [2.45, 2.75) is 58.2 Å². The van der Waals surface area contributed by atoms with Gasteiger partial charge in [0.15, 0.2) is 0 Å². The molecule has 0 bridgehead atoms. The molecule has 1 heterocycles. The summed E-state index contributed by atoms with van der Waals surface area (Å²) in [5.41, 5.74) is 0. The zero-order chi connectivity index (χ0) is 12.0. The second-order valence-electron chi connectivity index (χ2n) is 6.13. The van der Waals surface area contributed by atoms with Gasteiger partial charge in [-0.2, -0.15) is 0 Å². The van der Waals surface area contributed by atoms with E-state index in [0.717, 1.165) is 30.7 Å². The Morgan fingerprint density at radius 3 is 2.29 bits per heavy atom. The van der Waals surface area contributed by atoms with E-state index in [1.54, 1.807) is 0 Å². The normalized spacial score (nSPS) is 33.8. The van der Waals surface area contributed by atoms with E-state index in [-0.39, 0.29) is 12.2 Å². The zero-order valence-electron chi connectivity index (χ0n) is 11.0. The third kappa shape index (κ3) is 2.22. The summed E-state index contributed by atoms with van der Waals surface area (Å²) < 4.78 is 0. The van der Waals surface area contributed by atoms with Crippen LogP contribution in [0.5, 0.6) is 0 Å². The summed E-state index contributed by atoms with van der Waals surface area (Å²) in [4.78, 5) is 14.3. The van der Waals surface area contributed by atoms with Gasteiger partial charge < -0.3 is 4.90 Å². The van der Waals surface area contributed by atoms with Crippen LogP contribution >= 0.6 is 0 Å². The van der Waals surface area contributed by atoms with Crippen molar-refractivity contribution < 1.29 is 4.79 Å². The van der Waals surface area contributed by atoms with E-state index in [4.69, 9.17) is 0 Å². The van der Waals surface area contributed by atoms with Crippen molar-refractivity contribution >= 4 is 5.91 Å². The van der Waals surface area contributed by atoms with Gasteiger partial charge in [0.25, 0.3) is 0 Å². The number of nitrogens with one attached hydrogen (secondary N) is 1. The summed E-state index contributed by atoms with van der Waals surface area (Å²) in [6.07, 6.45) is 6.78. The molecule has 2 unspecified atom stereocenters. The first-order valence-corrected chi connectivity index (χ1v) is 7.27. The molecular formula is C14H24N2O. The molecular weight excluding hydrogens is 212 g/mol. The van der Waals surface area contributed by atoms with Gasteiger partial charge in [0.2, 0.25) is 5.91 Å². The van der Waals surface area contributed by atoms with E-state index in [0.29, 0.717) is 5.91 Å². The fourth-order valence-corrected chi connectivity index (χ4v) is 3.34. The number of rotatable bonds is 5. The highest BCUT2D eigenvalue weighted by Gasteiger charge is 2.45. The molecule has 3 heteroatoms. The van der Waals surface area contributed by atoms with Crippen LogP contribution in [0, 0.1) is 17.8 Å². The first-order chi connectivity index (χ1) is 8.20. The lowest BCUT2D eigenvalue weighted by atomic mass is 9.97. The summed E-state index contributed by atoms with van der Waals surface area (Å²) in [5, 5.41) is 3.40. The Kier molecular flexibility index (Phi) is 2.89. The average molecular weight is 236 g/mol. The smallest absolute Gasteiger partial charge is 0.241 e. The van der Waals surface area contributed by atoms with Crippen LogP contribution in [0.3, 0.4) is 0 Å². The SMILES string of the molecule is CCC1NC(C)N(CC(C2CC2)C2CC2)C1=O. The molecule has 0 spiro atoms. The van der Waals surface area contributed by atoms with Crippen LogP contribution in [0.1, 0.15) is 46.0 Å². The van der Waals surface area contributed by atoms with E-state index in [1.165, 1.54) is 25.7 Å². The van der Waals surface area contributed by atoms with Crippen LogP contribution in [-0.4, -0.2) is 29.6 Å². The van der Waals surface area contributed by atoms with Gasteiger partial charge in [-0.15, -0.1) is 0 Å². The van der Waals surface area contributed by atoms with Crippen LogP contribution in [-0.2, 0) is 4.79 Å². The quantitative estimate of drug-likeness (QED) is 0.791. The molecule has 0 aromatic rings. The number of hydrogen-bond donors (Lipinski definition) is 1. The van der Waals surface area contributed by atoms with Crippen molar-refractivity contribution in [3.8, 4) is 0 Å². The number of nitrogens with zero attached hydrogens (tertiary/aromatic N) is 1. The Bertz CT molecular complexity index is 297. The van der Waals surface area contributed by atoms with Crippen molar-refractivity contribution in [1.29, 1.82) is 0 Å². The molecule has 0 radical (unpaired) electrons. The van der Waals surface area contributed by atoms with E-state index in [2.05, 4.69) is 24.1 Å². The predicted molar refractivity (Wildman–Crippen MR) is 67.3 cm³/mol. The Morgan fingerprint density at radius 1 is 1.29 bits per heavy atom. The molecule has 1 aliphatic heterocycles. The van der Waals surface area contributed by atoms with Crippen molar-refractivity contribution in [2.75, 3.05) is 6.54 Å². The van der Waals surface area contributed by atoms with E-state index in [9.17, 15) is 4.79 Å². The maximum atomic E-state index is 12.2. The molecule has 0 aromatic carbocycles. The fourth-order valence-electron chi connectivity index (χ4n) is 3.34. The van der Waals surface area contributed by atoms with Crippen molar-refractivity contribution in [3.05, 3.63) is 0 Å². The predicted octanol–water partition coefficient (Wildman–Crippen LogP) is 1.98. The van der Waals surface area contributed by atoms with Crippen molar-refractivity contribution in [1.82, 2.24) is 10.2 Å². The molecule has 96 valence electrons. The van der Waals surface area contributed by atoms with Gasteiger partial charge in [-0.1, -0.05) is 6.92 Å². The monoisotopic (exact) mass is 236 g/mol. The zero-order valence-corrected chi connectivity index (χ0v) is 11.0. The lowest BCUT2D eigenvalue weighted by Gasteiger charge is -2.27. The van der Waals surface area contributed by atoms with Crippen LogP contribution < -0.4 is 5.32 Å². The molecule has 17 heavy (non-hydrogen) atoms. The number of carbonyl (C=O) groups is 1. The molecule has 1 amide bonds. The molecule has 1 saturated heterocycles. The maximum absolute atomic E-state index is 12.2. The molecule has 1 N–H and O–H groups in total. The Hall–Kier alpha value is -0.570. The molecule has 3 nitrogen and oxygen atoms in total. The van der Waals surface area contributed by atoms with E-state index < -0.39 is 0 Å². The highest BCUT2D eigenvalue weighted by Crippen LogP contribution is 2.49. The molecule has 2 saturated carbocycles. The standard InChI is InChI=1S/C14H24N2O/c1-3-13-14(17)16(9(2)15-13)8-12(10-4-5-10)11-6-7-11/h9-13,15H,3-8H2,1-2H3. The third-order valence-corrected chi connectivity index (χ3v) is 4.76. The second-order valence-corrected chi connectivity index (χ2v) is 6.13. The highest BCUT2D eigenvalue weighted by molar-refractivity contribution is 5.84. The molecule has 0 aromatic heterocycles. The average Bonchev–Trinajstić information content (AvgIpc) is 3.17. The Morgan fingerprint density at radius 2 is 1.88 bits per heavy atom. The van der Waals surface area contributed by atoms with Crippen LogP contribution in [0.4, 0.5) is 0 Å². The molecule has 2 atom stereocenters. The van der Waals surface area contributed by atoms with Crippen LogP contribution in [0.25, 0.3) is 0 Å². The summed E-state index contributed by atoms with van der Waals surface area (Å²) in [5.74, 6) is 3.01. The van der Waals surface area contributed by atoms with Crippen molar-refractivity contribution in [3.63, 3.8) is 0 Å². The molecule has 3 aliphatic rings. The summed E-state index contributed by atoms with van der Waals surface area (Å²) in [6, 6.07) is 0.0732. The fraction of sp³-hybridized carbons (Fsp3) is 0.929. The number of hydrogen-bond acceptors (Lipinski definition) is 2. The summed E-state index contributed by atoms with van der Waals surface area (Å²) in [6.45, 7) is 5.23. The summed E-state index contributed by atoms with van der Waals surface area (Å²) in [7, 11) is 0. The van der Waals surface area contributed by atoms with Gasteiger partial charge in [-0.3, -0.25) is 10.1 Å². The van der Waals surface area contributed by atoms with Crippen LogP contribution in [0.15, 0.2) is 0 Å². The second kappa shape index (κ2) is 4.27. The van der Waals surface area contributed by atoms with E-state index in [1.807, 2.05) is 0 Å². The van der Waals surface area contributed by atoms with Crippen LogP contribution in [0.2, 0.25) is 0 Å². The topological polar surface area (TPSA) is 32.3 Å². The first kappa shape index (κ1) is 11.5. The van der Waals surface area contributed by atoms with Gasteiger partial charge >= 0.3 is 0 Å². The summed E-state index contributed by atoms with van der Waals surface area (Å²) >= 11 is 0.